The molecule has 3 fully saturated rings. The second-order valence-corrected chi connectivity index (χ2v) is 9.30. The maximum Gasteiger partial charge on any atom is 0.234 e. The number of fused-ring (bicyclic) bond motifs is 3. The van der Waals surface area contributed by atoms with Crippen LogP contribution in [0.15, 0.2) is 10.8 Å². The Morgan fingerprint density at radius 2 is 2.04 bits per heavy atom. The molecule has 5 nitrogen and oxygen atoms in total. The lowest BCUT2D eigenvalue weighted by molar-refractivity contribution is -0.123. The fraction of sp³-hybridized carbons (Fsp3) is 0.810. The van der Waals surface area contributed by atoms with Crippen LogP contribution in [0.2, 0.25) is 0 Å². The van der Waals surface area contributed by atoms with Crippen molar-refractivity contribution in [2.24, 2.45) is 29.6 Å². The third kappa shape index (κ3) is 3.30. The Bertz CT molecular complexity index is 629. The first-order valence-corrected chi connectivity index (χ1v) is 10.7. The van der Waals surface area contributed by atoms with E-state index in [1.165, 1.54) is 44.1 Å². The van der Waals surface area contributed by atoms with Gasteiger partial charge in [-0.2, -0.15) is 0 Å². The van der Waals surface area contributed by atoms with E-state index in [4.69, 9.17) is 4.52 Å². The smallest absolute Gasteiger partial charge is 0.234 e. The molecular formula is C21H31N3O2. The summed E-state index contributed by atoms with van der Waals surface area (Å²) in [6, 6.07) is 0. The van der Waals surface area contributed by atoms with Gasteiger partial charge in [-0.05, 0) is 68.1 Å². The number of hydrogen-bond acceptors (Lipinski definition) is 4. The normalized spacial score (nSPS) is 36.4. The van der Waals surface area contributed by atoms with E-state index in [1.807, 2.05) is 0 Å². The van der Waals surface area contributed by atoms with E-state index in [-0.39, 0.29) is 5.91 Å². The van der Waals surface area contributed by atoms with Gasteiger partial charge in [-0.25, -0.2) is 0 Å². The molecule has 1 aromatic rings. The van der Waals surface area contributed by atoms with Crippen LogP contribution in [0.5, 0.6) is 0 Å². The second-order valence-electron chi connectivity index (χ2n) is 9.30. The standard InChI is InChI=1S/C21H31N3O2/c25-21(12-24-5-3-16-13-26-23-20(16)4-6-24)22-11-18-10-15-7-14-1-2-19(18)17(8-14)9-15/h13-15,17-19H,1-12H2,(H,22,25). The lowest BCUT2D eigenvalue weighted by Gasteiger charge is -2.52. The quantitative estimate of drug-likeness (QED) is 0.900. The summed E-state index contributed by atoms with van der Waals surface area (Å²) < 4.78 is 5.05. The number of carbonyl (C=O) groups is 1. The van der Waals surface area contributed by atoms with Gasteiger partial charge in [-0.15, -0.1) is 0 Å². The molecule has 0 radical (unpaired) electrons. The maximum atomic E-state index is 12.5. The van der Waals surface area contributed by atoms with Gasteiger partial charge >= 0.3 is 0 Å². The molecule has 3 aliphatic carbocycles. The summed E-state index contributed by atoms with van der Waals surface area (Å²) in [5.41, 5.74) is 2.27. The molecule has 1 amide bonds. The van der Waals surface area contributed by atoms with Crippen LogP contribution in [0.4, 0.5) is 0 Å². The predicted molar refractivity (Wildman–Crippen MR) is 98.5 cm³/mol. The van der Waals surface area contributed by atoms with Crippen molar-refractivity contribution in [3.8, 4) is 0 Å². The monoisotopic (exact) mass is 357 g/mol. The van der Waals surface area contributed by atoms with Crippen LogP contribution in [-0.4, -0.2) is 42.1 Å². The zero-order chi connectivity index (χ0) is 17.5. The summed E-state index contributed by atoms with van der Waals surface area (Å²) in [6.45, 7) is 3.23. The van der Waals surface area contributed by atoms with Crippen molar-refractivity contribution in [2.75, 3.05) is 26.2 Å². The van der Waals surface area contributed by atoms with Crippen molar-refractivity contribution in [1.82, 2.24) is 15.4 Å². The van der Waals surface area contributed by atoms with Crippen LogP contribution >= 0.6 is 0 Å². The first-order valence-electron chi connectivity index (χ1n) is 10.7. The molecule has 5 heteroatoms. The van der Waals surface area contributed by atoms with Gasteiger partial charge in [0.05, 0.1) is 12.2 Å². The SMILES string of the molecule is O=C(CN1CCc2conc2CC1)NCC1CC2CC3CCC1C(C3)C2. The summed E-state index contributed by atoms with van der Waals surface area (Å²) in [7, 11) is 0. The van der Waals surface area contributed by atoms with E-state index < -0.39 is 0 Å². The number of aromatic nitrogens is 1. The molecule has 5 atom stereocenters. The number of nitrogens with zero attached hydrogens (tertiary/aromatic N) is 2. The highest BCUT2D eigenvalue weighted by molar-refractivity contribution is 5.78. The van der Waals surface area contributed by atoms with Gasteiger partial charge in [0.25, 0.3) is 0 Å². The van der Waals surface area contributed by atoms with Crippen molar-refractivity contribution < 1.29 is 9.32 Å². The average Bonchev–Trinajstić information content (AvgIpc) is 3.00. The van der Waals surface area contributed by atoms with Crippen LogP contribution in [0, 0.1) is 29.6 Å². The van der Waals surface area contributed by atoms with Crippen molar-refractivity contribution >= 4 is 5.91 Å². The first-order chi connectivity index (χ1) is 12.7. The third-order valence-electron chi connectivity index (χ3n) is 7.71. The van der Waals surface area contributed by atoms with E-state index in [2.05, 4.69) is 15.4 Å². The molecule has 0 saturated heterocycles. The highest BCUT2D eigenvalue weighted by Gasteiger charge is 2.45. The molecule has 0 aromatic carbocycles. The number of nitrogens with one attached hydrogen (secondary N) is 1. The maximum absolute atomic E-state index is 12.5. The second kappa shape index (κ2) is 6.99. The lowest BCUT2D eigenvalue weighted by atomic mass is 9.54. The molecule has 5 unspecified atom stereocenters. The molecule has 1 N–H and O–H groups in total. The van der Waals surface area contributed by atoms with Gasteiger partial charge in [-0.3, -0.25) is 9.69 Å². The largest absolute Gasteiger partial charge is 0.364 e. The van der Waals surface area contributed by atoms with Gasteiger partial charge in [0.15, 0.2) is 0 Å². The Labute approximate surface area is 155 Å². The van der Waals surface area contributed by atoms with Crippen molar-refractivity contribution in [3.05, 3.63) is 17.5 Å². The minimum atomic E-state index is 0.202. The summed E-state index contributed by atoms with van der Waals surface area (Å²) in [5.74, 6) is 4.74. The van der Waals surface area contributed by atoms with Crippen LogP contribution in [0.3, 0.4) is 0 Å². The summed E-state index contributed by atoms with van der Waals surface area (Å²) in [6.07, 6.45) is 12.2. The summed E-state index contributed by atoms with van der Waals surface area (Å²) >= 11 is 0. The van der Waals surface area contributed by atoms with E-state index >= 15 is 0 Å². The minimum Gasteiger partial charge on any atom is -0.364 e. The average molecular weight is 357 g/mol. The minimum absolute atomic E-state index is 0.202. The molecule has 4 aliphatic rings. The van der Waals surface area contributed by atoms with Gasteiger partial charge in [0, 0.05) is 31.6 Å². The zero-order valence-corrected chi connectivity index (χ0v) is 15.7. The molecule has 3 bridgehead atoms. The van der Waals surface area contributed by atoms with Crippen LogP contribution in [0.25, 0.3) is 0 Å². The van der Waals surface area contributed by atoms with Crippen molar-refractivity contribution in [3.63, 3.8) is 0 Å². The Kier molecular flexibility index (Phi) is 4.51. The summed E-state index contributed by atoms with van der Waals surface area (Å²) in [4.78, 5) is 14.8. The zero-order valence-electron chi connectivity index (χ0n) is 15.7. The van der Waals surface area contributed by atoms with Gasteiger partial charge < -0.3 is 9.84 Å². The first kappa shape index (κ1) is 16.8. The Morgan fingerprint density at radius 1 is 1.15 bits per heavy atom. The Hall–Kier alpha value is -1.36. The lowest BCUT2D eigenvalue weighted by Crippen LogP contribution is -2.47. The van der Waals surface area contributed by atoms with Crippen molar-refractivity contribution in [2.45, 2.75) is 51.4 Å². The molecule has 2 heterocycles. The molecule has 1 aromatic heterocycles. The molecular weight excluding hydrogens is 326 g/mol. The van der Waals surface area contributed by atoms with Gasteiger partial charge in [-0.1, -0.05) is 11.6 Å². The van der Waals surface area contributed by atoms with E-state index in [0.717, 1.165) is 67.8 Å². The molecule has 0 spiro atoms. The van der Waals surface area contributed by atoms with Crippen LogP contribution in [-0.2, 0) is 17.6 Å². The highest BCUT2D eigenvalue weighted by Crippen LogP contribution is 2.54. The fourth-order valence-corrected chi connectivity index (χ4v) is 6.52. The Morgan fingerprint density at radius 3 is 3.00 bits per heavy atom. The van der Waals surface area contributed by atoms with Crippen LogP contribution < -0.4 is 5.32 Å². The fourth-order valence-electron chi connectivity index (χ4n) is 6.52. The predicted octanol–water partition coefficient (Wildman–Crippen LogP) is 2.65. The molecule has 3 saturated carbocycles. The summed E-state index contributed by atoms with van der Waals surface area (Å²) in [5, 5.41) is 7.37. The molecule has 5 rings (SSSR count). The molecule has 26 heavy (non-hydrogen) atoms. The van der Waals surface area contributed by atoms with E-state index in [0.29, 0.717) is 6.54 Å². The number of amides is 1. The number of hydrogen-bond donors (Lipinski definition) is 1. The van der Waals surface area contributed by atoms with E-state index in [9.17, 15) is 4.79 Å². The molecule has 142 valence electrons. The van der Waals surface area contributed by atoms with Gasteiger partial charge in [0.1, 0.15) is 6.26 Å². The third-order valence-corrected chi connectivity index (χ3v) is 7.71. The number of rotatable bonds is 4. The number of carbonyl (C=O) groups excluding carboxylic acids is 1. The Balaban J connectivity index is 1.11. The topological polar surface area (TPSA) is 58.4 Å². The molecule has 1 aliphatic heterocycles. The highest BCUT2D eigenvalue weighted by atomic mass is 16.5. The van der Waals surface area contributed by atoms with Crippen molar-refractivity contribution in [1.29, 1.82) is 0 Å². The van der Waals surface area contributed by atoms with Gasteiger partial charge in [0.2, 0.25) is 5.91 Å². The van der Waals surface area contributed by atoms with E-state index in [1.54, 1.807) is 6.26 Å². The van der Waals surface area contributed by atoms with Crippen LogP contribution in [0.1, 0.15) is 49.8 Å².